The summed E-state index contributed by atoms with van der Waals surface area (Å²) in [7, 11) is 1.25. The van der Waals surface area contributed by atoms with Gasteiger partial charge in [-0.3, -0.25) is 4.79 Å². The van der Waals surface area contributed by atoms with Gasteiger partial charge >= 0.3 is 0 Å². The molecule has 64 valence electrons. The van der Waals surface area contributed by atoms with Gasteiger partial charge in [0, 0.05) is 7.11 Å². The van der Waals surface area contributed by atoms with Gasteiger partial charge in [0.25, 0.3) is 0 Å². The zero-order chi connectivity index (χ0) is 9.02. The van der Waals surface area contributed by atoms with Gasteiger partial charge in [0.15, 0.2) is 12.1 Å². The van der Waals surface area contributed by atoms with Gasteiger partial charge in [-0.15, -0.1) is 0 Å². The molecule has 0 heterocycles. The molecule has 0 fully saturated rings. The van der Waals surface area contributed by atoms with Gasteiger partial charge < -0.3 is 14.9 Å². The van der Waals surface area contributed by atoms with Crippen molar-refractivity contribution < 1.29 is 19.7 Å². The number of ether oxygens (including phenoxy) is 1. The van der Waals surface area contributed by atoms with Crippen molar-refractivity contribution in [1.29, 1.82) is 0 Å². The Hall–Kier alpha value is -0.870. The summed E-state index contributed by atoms with van der Waals surface area (Å²) in [5.41, 5.74) is -0.104. The van der Waals surface area contributed by atoms with Crippen molar-refractivity contribution in [1.82, 2.24) is 0 Å². The number of aliphatic hydroxyl groups is 2. The number of Topliss-reactive ketones (excluding diaryl/α,β-unsaturated/α-hetero) is 1. The second-order valence-electron chi connectivity index (χ2n) is 2.14. The third kappa shape index (κ3) is 2.69. The molecule has 0 radical (unpaired) electrons. The smallest absolute Gasteiger partial charge is 0.187 e. The fourth-order valence-electron chi connectivity index (χ4n) is 0.725. The molecule has 0 bridgehead atoms. The lowest BCUT2D eigenvalue weighted by atomic mass is 10.1. The van der Waals surface area contributed by atoms with E-state index in [4.69, 9.17) is 10.2 Å². The number of aliphatic hydroxyl groups excluding tert-OH is 2. The summed E-state index contributed by atoms with van der Waals surface area (Å²) >= 11 is 0. The van der Waals surface area contributed by atoms with Crippen LogP contribution in [-0.2, 0) is 9.53 Å². The van der Waals surface area contributed by atoms with Gasteiger partial charge in [0.1, 0.15) is 5.76 Å². The molecule has 11 heavy (non-hydrogen) atoms. The first kappa shape index (κ1) is 10.1. The molecule has 1 atom stereocenters. The van der Waals surface area contributed by atoms with Gasteiger partial charge in [-0.05, 0) is 13.8 Å². The van der Waals surface area contributed by atoms with E-state index < -0.39 is 12.1 Å². The number of carbonyl (C=O) groups is 1. The van der Waals surface area contributed by atoms with Crippen LogP contribution in [0.1, 0.15) is 13.8 Å². The summed E-state index contributed by atoms with van der Waals surface area (Å²) in [6.45, 7) is 2.57. The lowest BCUT2D eigenvalue weighted by molar-refractivity contribution is -0.119. The molecule has 2 N–H and O–H groups in total. The van der Waals surface area contributed by atoms with Crippen LogP contribution in [0.25, 0.3) is 0 Å². The van der Waals surface area contributed by atoms with E-state index in [-0.39, 0.29) is 11.3 Å². The monoisotopic (exact) mass is 160 g/mol. The van der Waals surface area contributed by atoms with Crippen molar-refractivity contribution in [2.75, 3.05) is 7.11 Å². The third-order valence-corrected chi connectivity index (χ3v) is 1.24. The number of allylic oxidation sites excluding steroid dienone is 1. The molecule has 0 rings (SSSR count). The van der Waals surface area contributed by atoms with Crippen molar-refractivity contribution in [3.8, 4) is 0 Å². The van der Waals surface area contributed by atoms with Gasteiger partial charge in [-0.2, -0.15) is 0 Å². The van der Waals surface area contributed by atoms with E-state index in [0.717, 1.165) is 0 Å². The topological polar surface area (TPSA) is 66.8 Å². The Bertz CT molecular complexity index is 179. The maximum Gasteiger partial charge on any atom is 0.187 e. The first-order chi connectivity index (χ1) is 5.00. The summed E-state index contributed by atoms with van der Waals surface area (Å²) < 4.78 is 4.45. The average Bonchev–Trinajstić information content (AvgIpc) is 1.85. The summed E-state index contributed by atoms with van der Waals surface area (Å²) in [5, 5.41) is 17.9. The minimum absolute atomic E-state index is 0.104. The highest BCUT2D eigenvalue weighted by molar-refractivity contribution is 5.94. The molecular weight excluding hydrogens is 148 g/mol. The highest BCUT2D eigenvalue weighted by atomic mass is 16.6. The normalized spacial score (nSPS) is 15.6. The Morgan fingerprint density at radius 3 is 2.00 bits per heavy atom. The maximum absolute atomic E-state index is 10.7. The highest BCUT2D eigenvalue weighted by Gasteiger charge is 2.17. The molecule has 0 aliphatic carbocycles. The largest absolute Gasteiger partial charge is 0.512 e. The number of hydrogen-bond acceptors (Lipinski definition) is 4. The number of carbonyl (C=O) groups excluding carboxylic acids is 1. The van der Waals surface area contributed by atoms with Gasteiger partial charge in [0.2, 0.25) is 0 Å². The van der Waals surface area contributed by atoms with Crippen LogP contribution in [0.4, 0.5) is 0 Å². The van der Waals surface area contributed by atoms with Crippen LogP contribution in [-0.4, -0.2) is 29.4 Å². The lowest BCUT2D eigenvalue weighted by Gasteiger charge is -2.10. The van der Waals surface area contributed by atoms with Gasteiger partial charge in [0.05, 0.1) is 5.57 Å². The first-order valence-corrected chi connectivity index (χ1v) is 3.12. The minimum atomic E-state index is -1.34. The van der Waals surface area contributed by atoms with Crippen molar-refractivity contribution >= 4 is 5.78 Å². The maximum atomic E-state index is 10.7. The Balaban J connectivity index is 4.63. The fraction of sp³-hybridized carbons (Fsp3) is 0.571. The number of hydrogen-bond donors (Lipinski definition) is 2. The van der Waals surface area contributed by atoms with Crippen molar-refractivity contribution in [3.05, 3.63) is 11.3 Å². The average molecular weight is 160 g/mol. The highest BCUT2D eigenvalue weighted by Crippen LogP contribution is 2.08. The minimum Gasteiger partial charge on any atom is -0.512 e. The molecule has 0 spiro atoms. The van der Waals surface area contributed by atoms with Crippen molar-refractivity contribution in [3.63, 3.8) is 0 Å². The van der Waals surface area contributed by atoms with Crippen LogP contribution >= 0.6 is 0 Å². The quantitative estimate of drug-likeness (QED) is 0.355. The second kappa shape index (κ2) is 4.10. The van der Waals surface area contributed by atoms with Crippen LogP contribution in [0.2, 0.25) is 0 Å². The predicted octanol–water partition coefficient (Wildman–Crippen LogP) is 0.372. The molecule has 0 aromatic heterocycles. The lowest BCUT2D eigenvalue weighted by Crippen LogP contribution is -2.19. The number of ketones is 1. The van der Waals surface area contributed by atoms with Gasteiger partial charge in [-0.25, -0.2) is 0 Å². The van der Waals surface area contributed by atoms with Crippen LogP contribution in [0.3, 0.4) is 0 Å². The Kier molecular flexibility index (Phi) is 3.78. The SMILES string of the molecule is COC(O)/C(C(C)=O)=C(\C)O. The molecule has 0 aromatic carbocycles. The van der Waals surface area contributed by atoms with E-state index in [2.05, 4.69) is 4.74 Å². The standard InChI is InChI=1S/C7H12O4/c1-4(8)6(5(2)9)7(10)11-3/h7-8,10H,1-3H3/b6-4+. The van der Waals surface area contributed by atoms with Crippen LogP contribution in [0, 0.1) is 0 Å². The number of rotatable bonds is 3. The molecule has 0 aliphatic rings. The summed E-state index contributed by atoms with van der Waals surface area (Å²) in [5.74, 6) is -0.619. The molecule has 0 amide bonds. The van der Waals surface area contributed by atoms with E-state index in [9.17, 15) is 4.79 Å². The molecule has 0 saturated heterocycles. The van der Waals surface area contributed by atoms with Gasteiger partial charge in [-0.1, -0.05) is 0 Å². The van der Waals surface area contributed by atoms with Crippen LogP contribution in [0.15, 0.2) is 11.3 Å². The Morgan fingerprint density at radius 1 is 1.45 bits per heavy atom. The molecule has 4 heteroatoms. The summed E-state index contributed by atoms with van der Waals surface area (Å²) in [6, 6.07) is 0. The molecule has 0 saturated carbocycles. The fourth-order valence-corrected chi connectivity index (χ4v) is 0.725. The Labute approximate surface area is 65.1 Å². The predicted molar refractivity (Wildman–Crippen MR) is 39.0 cm³/mol. The van der Waals surface area contributed by atoms with Crippen LogP contribution < -0.4 is 0 Å². The van der Waals surface area contributed by atoms with E-state index >= 15 is 0 Å². The third-order valence-electron chi connectivity index (χ3n) is 1.24. The summed E-state index contributed by atoms with van der Waals surface area (Å²) in [6.07, 6.45) is -1.34. The number of methoxy groups -OCH3 is 1. The zero-order valence-corrected chi connectivity index (χ0v) is 6.79. The molecule has 1 unspecified atom stereocenters. The summed E-state index contributed by atoms with van der Waals surface area (Å²) in [4.78, 5) is 10.7. The van der Waals surface area contributed by atoms with E-state index in [1.807, 2.05) is 0 Å². The van der Waals surface area contributed by atoms with E-state index in [1.54, 1.807) is 0 Å². The molecule has 0 aromatic rings. The molecule has 4 nitrogen and oxygen atoms in total. The second-order valence-corrected chi connectivity index (χ2v) is 2.14. The van der Waals surface area contributed by atoms with E-state index in [1.165, 1.54) is 21.0 Å². The zero-order valence-electron chi connectivity index (χ0n) is 6.79. The van der Waals surface area contributed by atoms with Crippen molar-refractivity contribution in [2.45, 2.75) is 20.1 Å². The Morgan fingerprint density at radius 2 is 1.91 bits per heavy atom. The van der Waals surface area contributed by atoms with Crippen LogP contribution in [0.5, 0.6) is 0 Å². The molecular formula is C7H12O4. The molecule has 0 aliphatic heterocycles. The van der Waals surface area contributed by atoms with E-state index in [0.29, 0.717) is 0 Å². The first-order valence-electron chi connectivity index (χ1n) is 3.12. The van der Waals surface area contributed by atoms with Crippen molar-refractivity contribution in [2.24, 2.45) is 0 Å².